The second kappa shape index (κ2) is 15.5. The molecule has 6 heteroatoms. The number of ether oxygens (including phenoxy) is 2. The molecule has 2 fully saturated rings. The van der Waals surface area contributed by atoms with Crippen molar-refractivity contribution in [3.63, 3.8) is 0 Å². The van der Waals surface area contributed by atoms with E-state index in [1.165, 1.54) is 73.6 Å². The van der Waals surface area contributed by atoms with Gasteiger partial charge in [0.25, 0.3) is 0 Å². The highest BCUT2D eigenvalue weighted by molar-refractivity contribution is 5.73. The summed E-state index contributed by atoms with van der Waals surface area (Å²) < 4.78 is 11.6. The van der Waals surface area contributed by atoms with Gasteiger partial charge in [-0.1, -0.05) is 90.2 Å². The SMILES string of the molecule is C[C@@]12CCCCC[C@@H](Cc3ccc(OC(=O)CCCCCCCCC(=O)Oc4ccc5c(c4)[C@@]4(C)CCCCC[C@@H](C5)[C@@H]4N)cc31)[C@@H]2N. The molecule has 0 aromatic heterocycles. The highest BCUT2D eigenvalue weighted by atomic mass is 16.5. The number of hydrogen-bond acceptors (Lipinski definition) is 6. The molecule has 0 radical (unpaired) electrons. The van der Waals surface area contributed by atoms with Crippen molar-refractivity contribution in [2.45, 2.75) is 165 Å². The van der Waals surface area contributed by atoms with E-state index in [2.05, 4.69) is 38.1 Å². The summed E-state index contributed by atoms with van der Waals surface area (Å²) in [6.07, 6.45) is 20.7. The minimum Gasteiger partial charge on any atom is -0.427 e. The van der Waals surface area contributed by atoms with Gasteiger partial charge in [-0.2, -0.15) is 0 Å². The number of hydrogen-bond donors (Lipinski definition) is 2. The van der Waals surface area contributed by atoms with E-state index in [0.29, 0.717) is 36.2 Å². The van der Waals surface area contributed by atoms with Crippen LogP contribution in [0.2, 0.25) is 0 Å². The van der Waals surface area contributed by atoms with Crippen LogP contribution in [-0.2, 0) is 33.3 Å². The predicted molar refractivity (Wildman–Crippen MR) is 192 cm³/mol. The average molecular weight is 657 g/mol. The molecule has 2 saturated carbocycles. The molecule has 6 nitrogen and oxygen atoms in total. The van der Waals surface area contributed by atoms with Crippen LogP contribution < -0.4 is 20.9 Å². The highest BCUT2D eigenvalue weighted by Gasteiger charge is 2.45. The van der Waals surface area contributed by atoms with Gasteiger partial charge in [0.05, 0.1) is 0 Å². The number of unbranched alkanes of at least 4 members (excludes halogenated alkanes) is 5. The molecule has 0 spiro atoms. The number of fused-ring (bicyclic) bond motifs is 8. The second-order valence-corrected chi connectivity index (χ2v) is 16.2. The summed E-state index contributed by atoms with van der Waals surface area (Å²) in [4.78, 5) is 25.4. The van der Waals surface area contributed by atoms with Gasteiger partial charge in [-0.15, -0.1) is 0 Å². The predicted octanol–water partition coefficient (Wildman–Crippen LogP) is 8.76. The first-order chi connectivity index (χ1) is 23.2. The first-order valence-electron chi connectivity index (χ1n) is 19.4. The first-order valence-corrected chi connectivity index (χ1v) is 19.4. The Hall–Kier alpha value is -2.70. The molecule has 4 aliphatic carbocycles. The standard InChI is InChI=1S/C42H60N2O4/c1-41-23-13-7-9-15-31(39(41)43)25-29-19-21-33(27-35(29)41)47-37(45)17-11-5-3-4-6-12-18-38(46)48-34-22-20-30-26-32-16-10-8-14-24-42(2,40(32)44)36(30)28-34/h19-22,27-28,31-32,39-40H,3-18,23-26,43-44H2,1-2H3/t31-,32-,39-,40-,41+,42+/m0/s1. The zero-order valence-corrected chi connectivity index (χ0v) is 29.7. The molecule has 0 saturated heterocycles. The minimum atomic E-state index is -0.161. The number of esters is 2. The lowest BCUT2D eigenvalue weighted by Gasteiger charge is -2.47. The molecule has 0 aliphatic heterocycles. The van der Waals surface area contributed by atoms with E-state index in [0.717, 1.165) is 64.2 Å². The van der Waals surface area contributed by atoms with Crippen molar-refractivity contribution in [2.24, 2.45) is 23.3 Å². The largest absolute Gasteiger partial charge is 0.427 e. The van der Waals surface area contributed by atoms with Gasteiger partial charge in [0.1, 0.15) is 11.5 Å². The van der Waals surface area contributed by atoms with E-state index in [1.54, 1.807) is 0 Å². The molecule has 0 heterocycles. The molecule has 2 aromatic carbocycles. The molecule has 262 valence electrons. The molecule has 6 atom stereocenters. The Morgan fingerprint density at radius 2 is 1.04 bits per heavy atom. The summed E-state index contributed by atoms with van der Waals surface area (Å²) in [5.74, 6) is 2.07. The Kier molecular flexibility index (Phi) is 11.3. The van der Waals surface area contributed by atoms with Crippen LogP contribution in [0.1, 0.15) is 152 Å². The van der Waals surface area contributed by atoms with Crippen molar-refractivity contribution >= 4 is 11.9 Å². The van der Waals surface area contributed by atoms with Crippen LogP contribution in [0.25, 0.3) is 0 Å². The van der Waals surface area contributed by atoms with E-state index < -0.39 is 0 Å². The summed E-state index contributed by atoms with van der Waals surface area (Å²) in [6, 6.07) is 12.8. The fraction of sp³-hybridized carbons (Fsp3) is 0.667. The Morgan fingerprint density at radius 1 is 0.625 bits per heavy atom. The van der Waals surface area contributed by atoms with Gasteiger partial charge >= 0.3 is 11.9 Å². The number of carbonyl (C=O) groups is 2. The van der Waals surface area contributed by atoms with Crippen LogP contribution >= 0.6 is 0 Å². The molecule has 48 heavy (non-hydrogen) atoms. The van der Waals surface area contributed by atoms with Crippen molar-refractivity contribution in [3.05, 3.63) is 58.7 Å². The monoisotopic (exact) mass is 656 g/mol. The van der Waals surface area contributed by atoms with E-state index in [9.17, 15) is 9.59 Å². The van der Waals surface area contributed by atoms with Gasteiger partial charge in [-0.3, -0.25) is 9.59 Å². The van der Waals surface area contributed by atoms with Gasteiger partial charge in [0, 0.05) is 35.8 Å². The van der Waals surface area contributed by atoms with Gasteiger partial charge in [-0.25, -0.2) is 0 Å². The average Bonchev–Trinajstić information content (AvgIpc) is 3.06. The second-order valence-electron chi connectivity index (χ2n) is 16.2. The van der Waals surface area contributed by atoms with Crippen molar-refractivity contribution in [2.75, 3.05) is 0 Å². The summed E-state index contributed by atoms with van der Waals surface area (Å²) in [6.45, 7) is 4.64. The Labute approximate surface area is 289 Å². The number of nitrogens with two attached hydrogens (primary N) is 2. The van der Waals surface area contributed by atoms with Crippen molar-refractivity contribution in [1.29, 1.82) is 0 Å². The Morgan fingerprint density at radius 3 is 1.48 bits per heavy atom. The summed E-state index contributed by atoms with van der Waals surface area (Å²) >= 11 is 0. The molecule has 0 unspecified atom stereocenters. The van der Waals surface area contributed by atoms with Crippen LogP contribution in [-0.4, -0.2) is 24.0 Å². The third-order valence-corrected chi connectivity index (χ3v) is 12.9. The fourth-order valence-electron chi connectivity index (χ4n) is 9.80. The molecule has 6 rings (SSSR count). The number of rotatable bonds is 11. The van der Waals surface area contributed by atoms with E-state index in [-0.39, 0.29) is 34.9 Å². The minimum absolute atomic E-state index is 0.0513. The molecule has 4 bridgehead atoms. The first kappa shape index (κ1) is 35.1. The van der Waals surface area contributed by atoms with Gasteiger partial charge in [0.15, 0.2) is 0 Å². The molecule has 4 aliphatic rings. The highest BCUT2D eigenvalue weighted by Crippen LogP contribution is 2.48. The lowest BCUT2D eigenvalue weighted by Crippen LogP contribution is -2.52. The van der Waals surface area contributed by atoms with Gasteiger partial charge in [-0.05, 0) is 110 Å². The van der Waals surface area contributed by atoms with Crippen molar-refractivity contribution < 1.29 is 19.1 Å². The smallest absolute Gasteiger partial charge is 0.311 e. The van der Waals surface area contributed by atoms with Crippen LogP contribution in [0.4, 0.5) is 0 Å². The van der Waals surface area contributed by atoms with Crippen molar-refractivity contribution in [3.8, 4) is 11.5 Å². The van der Waals surface area contributed by atoms with Gasteiger partial charge < -0.3 is 20.9 Å². The van der Waals surface area contributed by atoms with Gasteiger partial charge in [0.2, 0.25) is 0 Å². The number of benzene rings is 2. The zero-order valence-electron chi connectivity index (χ0n) is 29.7. The third kappa shape index (κ3) is 7.70. The van der Waals surface area contributed by atoms with Crippen LogP contribution in [0.5, 0.6) is 11.5 Å². The fourth-order valence-corrected chi connectivity index (χ4v) is 9.80. The zero-order chi connectivity index (χ0) is 33.7. The van der Waals surface area contributed by atoms with E-state index in [1.807, 2.05) is 12.1 Å². The normalized spacial score (nSPS) is 29.7. The lowest BCUT2D eigenvalue weighted by atomic mass is 9.60. The maximum Gasteiger partial charge on any atom is 0.311 e. The van der Waals surface area contributed by atoms with Crippen LogP contribution in [0, 0.1) is 11.8 Å². The van der Waals surface area contributed by atoms with E-state index >= 15 is 0 Å². The molecule has 0 amide bonds. The lowest BCUT2D eigenvalue weighted by molar-refractivity contribution is -0.135. The third-order valence-electron chi connectivity index (χ3n) is 12.9. The maximum absolute atomic E-state index is 12.7. The summed E-state index contributed by atoms with van der Waals surface area (Å²) in [7, 11) is 0. The topological polar surface area (TPSA) is 105 Å². The molecule has 4 N–H and O–H groups in total. The van der Waals surface area contributed by atoms with Crippen molar-refractivity contribution in [1.82, 2.24) is 0 Å². The molecule has 2 aromatic rings. The molecular formula is C42H60N2O4. The van der Waals surface area contributed by atoms with Crippen LogP contribution in [0.15, 0.2) is 36.4 Å². The molecular weight excluding hydrogens is 596 g/mol. The summed E-state index contributed by atoms with van der Waals surface area (Å²) in [5, 5.41) is 0. The maximum atomic E-state index is 12.7. The van der Waals surface area contributed by atoms with E-state index in [4.69, 9.17) is 20.9 Å². The van der Waals surface area contributed by atoms with Crippen LogP contribution in [0.3, 0.4) is 0 Å². The Bertz CT molecular complexity index is 1330. The quantitative estimate of drug-likeness (QED) is 0.142. The summed E-state index contributed by atoms with van der Waals surface area (Å²) in [5.41, 5.74) is 18.9. The number of carbonyl (C=O) groups excluding carboxylic acids is 2. The Balaban J connectivity index is 0.883.